The van der Waals surface area contributed by atoms with Crippen LogP contribution in [0.5, 0.6) is 0 Å². The number of amides is 2. The Bertz CT molecular complexity index is 325. The van der Waals surface area contributed by atoms with Crippen LogP contribution in [0.3, 0.4) is 0 Å². The van der Waals surface area contributed by atoms with Crippen LogP contribution in [0.25, 0.3) is 0 Å². The summed E-state index contributed by atoms with van der Waals surface area (Å²) in [6.45, 7) is 6.79. The van der Waals surface area contributed by atoms with E-state index in [4.69, 9.17) is 5.11 Å². The van der Waals surface area contributed by atoms with Gasteiger partial charge in [-0.25, -0.2) is 9.59 Å². The zero-order chi connectivity index (χ0) is 13.9. The molecule has 1 fully saturated rings. The molecule has 6 nitrogen and oxygen atoms in total. The van der Waals surface area contributed by atoms with Crippen molar-refractivity contribution in [1.82, 2.24) is 10.2 Å². The van der Waals surface area contributed by atoms with Crippen molar-refractivity contribution in [3.05, 3.63) is 0 Å². The minimum absolute atomic E-state index is 0.0817. The van der Waals surface area contributed by atoms with Crippen LogP contribution in [0.1, 0.15) is 33.6 Å². The van der Waals surface area contributed by atoms with E-state index >= 15 is 0 Å². The first-order chi connectivity index (χ1) is 8.20. The van der Waals surface area contributed by atoms with Gasteiger partial charge in [0, 0.05) is 19.5 Å². The number of carbonyl (C=O) groups is 2. The van der Waals surface area contributed by atoms with Crippen LogP contribution in [-0.2, 0) is 4.79 Å². The van der Waals surface area contributed by atoms with Crippen molar-refractivity contribution in [3.63, 3.8) is 0 Å². The molecule has 1 aliphatic rings. The van der Waals surface area contributed by atoms with Crippen molar-refractivity contribution < 1.29 is 19.8 Å². The highest BCUT2D eigenvalue weighted by molar-refractivity contribution is 5.83. The van der Waals surface area contributed by atoms with Crippen molar-refractivity contribution >= 4 is 12.0 Å². The lowest BCUT2D eigenvalue weighted by Gasteiger charge is -2.23. The summed E-state index contributed by atoms with van der Waals surface area (Å²) in [7, 11) is 0. The highest BCUT2D eigenvalue weighted by atomic mass is 16.4. The summed E-state index contributed by atoms with van der Waals surface area (Å²) in [5.74, 6) is -1.07. The Morgan fingerprint density at radius 1 is 1.39 bits per heavy atom. The predicted molar refractivity (Wildman–Crippen MR) is 66.2 cm³/mol. The molecule has 0 aliphatic carbocycles. The molecule has 0 unspecified atom stereocenters. The minimum atomic E-state index is -1.07. The maximum absolute atomic E-state index is 11.8. The van der Waals surface area contributed by atoms with Gasteiger partial charge in [-0.05, 0) is 11.8 Å². The molecule has 0 saturated carbocycles. The van der Waals surface area contributed by atoms with E-state index in [-0.39, 0.29) is 18.4 Å². The largest absolute Gasteiger partial charge is 0.480 e. The first-order valence-corrected chi connectivity index (χ1v) is 6.16. The first-order valence-electron chi connectivity index (χ1n) is 6.16. The van der Waals surface area contributed by atoms with Gasteiger partial charge in [-0.3, -0.25) is 0 Å². The van der Waals surface area contributed by atoms with Crippen molar-refractivity contribution in [1.29, 1.82) is 0 Å². The zero-order valence-electron chi connectivity index (χ0n) is 11.1. The maximum atomic E-state index is 11.8. The number of rotatable bonds is 3. The fraction of sp³-hybridized carbons (Fsp3) is 0.833. The molecule has 1 rings (SSSR count). The second kappa shape index (κ2) is 5.56. The smallest absolute Gasteiger partial charge is 0.326 e. The first kappa shape index (κ1) is 14.8. The van der Waals surface area contributed by atoms with Crippen LogP contribution < -0.4 is 5.32 Å². The van der Waals surface area contributed by atoms with E-state index in [9.17, 15) is 14.7 Å². The molecule has 1 aliphatic heterocycles. The van der Waals surface area contributed by atoms with Crippen LogP contribution in [0, 0.1) is 5.41 Å². The van der Waals surface area contributed by atoms with Crippen LogP contribution in [0.4, 0.5) is 4.79 Å². The molecule has 0 aromatic carbocycles. The Kier molecular flexibility index (Phi) is 4.56. The number of aliphatic hydroxyl groups is 1. The van der Waals surface area contributed by atoms with Gasteiger partial charge in [-0.1, -0.05) is 20.8 Å². The lowest BCUT2D eigenvalue weighted by molar-refractivity contribution is -0.141. The average molecular weight is 258 g/mol. The van der Waals surface area contributed by atoms with E-state index < -0.39 is 24.1 Å². The van der Waals surface area contributed by atoms with Gasteiger partial charge in [0.05, 0.1) is 6.10 Å². The van der Waals surface area contributed by atoms with Crippen molar-refractivity contribution in [2.45, 2.75) is 45.8 Å². The number of carboxylic acids is 1. The van der Waals surface area contributed by atoms with E-state index in [1.54, 1.807) is 0 Å². The Morgan fingerprint density at radius 3 is 2.50 bits per heavy atom. The van der Waals surface area contributed by atoms with Gasteiger partial charge in [0.2, 0.25) is 0 Å². The highest BCUT2D eigenvalue weighted by Gasteiger charge is 2.38. The summed E-state index contributed by atoms with van der Waals surface area (Å²) in [5.41, 5.74) is 0.115. The average Bonchev–Trinajstić information content (AvgIpc) is 2.58. The summed E-state index contributed by atoms with van der Waals surface area (Å²) >= 11 is 0. The van der Waals surface area contributed by atoms with Gasteiger partial charge in [0.15, 0.2) is 0 Å². The van der Waals surface area contributed by atoms with Gasteiger partial charge in [-0.2, -0.15) is 0 Å². The fourth-order valence-electron chi connectivity index (χ4n) is 1.92. The molecule has 2 amide bonds. The number of aliphatic carboxylic acids is 1. The molecule has 3 N–H and O–H groups in total. The lowest BCUT2D eigenvalue weighted by Crippen LogP contribution is -2.46. The predicted octanol–water partition coefficient (Wildman–Crippen LogP) is 0.652. The number of carboxylic acid groups (broad SMARTS) is 1. The Hall–Kier alpha value is -1.30. The quantitative estimate of drug-likeness (QED) is 0.693. The van der Waals surface area contributed by atoms with Crippen LogP contribution >= 0.6 is 0 Å². The van der Waals surface area contributed by atoms with Crippen molar-refractivity contribution in [2.24, 2.45) is 5.41 Å². The molecule has 1 heterocycles. The topological polar surface area (TPSA) is 89.9 Å². The number of carbonyl (C=O) groups excluding carboxylic acids is 1. The number of likely N-dealkylation sites (tertiary alicyclic amines) is 1. The van der Waals surface area contributed by atoms with Crippen LogP contribution in [0.15, 0.2) is 0 Å². The molecule has 1 saturated heterocycles. The van der Waals surface area contributed by atoms with Crippen molar-refractivity contribution in [3.8, 4) is 0 Å². The van der Waals surface area contributed by atoms with Crippen molar-refractivity contribution in [2.75, 3.05) is 13.1 Å². The molecular formula is C12H22N2O4. The third-order valence-electron chi connectivity index (χ3n) is 2.98. The summed E-state index contributed by atoms with van der Waals surface area (Å²) in [4.78, 5) is 24.0. The summed E-state index contributed by atoms with van der Waals surface area (Å²) in [6.07, 6.45) is 0.161. The number of hydrogen-bond acceptors (Lipinski definition) is 3. The van der Waals surface area contributed by atoms with E-state index in [0.717, 1.165) is 6.42 Å². The summed E-state index contributed by atoms with van der Waals surface area (Å²) in [5, 5.41) is 21.1. The van der Waals surface area contributed by atoms with Gasteiger partial charge >= 0.3 is 12.0 Å². The molecule has 2 atom stereocenters. The Balaban J connectivity index is 2.48. The van der Waals surface area contributed by atoms with E-state index in [2.05, 4.69) is 26.1 Å². The molecule has 6 heteroatoms. The Morgan fingerprint density at radius 2 is 2.00 bits per heavy atom. The number of aliphatic hydroxyl groups excluding tert-OH is 1. The van der Waals surface area contributed by atoms with Gasteiger partial charge in [0.1, 0.15) is 6.04 Å². The van der Waals surface area contributed by atoms with E-state index in [1.165, 1.54) is 4.90 Å². The monoisotopic (exact) mass is 258 g/mol. The number of β-amino-alcohol motifs (C(OH)–C–C–N with tert-alkyl or cyclic N) is 1. The fourth-order valence-corrected chi connectivity index (χ4v) is 1.92. The number of nitrogens with one attached hydrogen (secondary N) is 1. The van der Waals surface area contributed by atoms with Crippen LogP contribution in [0.2, 0.25) is 0 Å². The van der Waals surface area contributed by atoms with E-state index in [1.807, 2.05) is 0 Å². The normalized spacial score (nSPS) is 24.1. The molecule has 0 radical (unpaired) electrons. The second-order valence-electron chi connectivity index (χ2n) is 5.94. The second-order valence-corrected chi connectivity index (χ2v) is 5.94. The van der Waals surface area contributed by atoms with Gasteiger partial charge in [0.25, 0.3) is 0 Å². The zero-order valence-corrected chi connectivity index (χ0v) is 11.1. The molecule has 18 heavy (non-hydrogen) atoms. The molecule has 0 aromatic heterocycles. The lowest BCUT2D eigenvalue weighted by atomic mass is 9.92. The van der Waals surface area contributed by atoms with Gasteiger partial charge < -0.3 is 20.4 Å². The summed E-state index contributed by atoms with van der Waals surface area (Å²) < 4.78 is 0. The number of nitrogens with zero attached hydrogens (tertiary/aromatic N) is 1. The molecule has 0 spiro atoms. The third-order valence-corrected chi connectivity index (χ3v) is 2.98. The molecule has 104 valence electrons. The molecule has 0 bridgehead atoms. The number of hydrogen-bond donors (Lipinski definition) is 3. The van der Waals surface area contributed by atoms with Crippen LogP contribution in [-0.4, -0.2) is 52.3 Å². The summed E-state index contributed by atoms with van der Waals surface area (Å²) in [6, 6.07) is -1.34. The third kappa shape index (κ3) is 4.18. The minimum Gasteiger partial charge on any atom is -0.480 e. The van der Waals surface area contributed by atoms with E-state index in [0.29, 0.717) is 6.54 Å². The molecular weight excluding hydrogens is 236 g/mol. The number of urea groups is 1. The SMILES string of the molecule is CC(C)(C)CCNC(=O)N1C[C@H](O)C[C@@H]1C(=O)O. The molecule has 0 aromatic rings. The maximum Gasteiger partial charge on any atom is 0.326 e. The Labute approximate surface area is 107 Å². The standard InChI is InChI=1S/C12H22N2O4/c1-12(2,3)4-5-13-11(18)14-7-8(15)6-9(14)10(16)17/h8-9,15H,4-7H2,1-3H3,(H,13,18)(H,16,17)/t8-,9-/m1/s1. The highest BCUT2D eigenvalue weighted by Crippen LogP contribution is 2.19. The van der Waals surface area contributed by atoms with Gasteiger partial charge in [-0.15, -0.1) is 0 Å².